The van der Waals surface area contributed by atoms with Gasteiger partial charge in [0.2, 0.25) is 0 Å². The van der Waals surface area contributed by atoms with Crippen LogP contribution in [-0.4, -0.2) is 10.9 Å². The first-order valence-electron chi connectivity index (χ1n) is 4.40. The number of hydrogen-bond acceptors (Lipinski definition) is 2. The summed E-state index contributed by atoms with van der Waals surface area (Å²) >= 11 is 5.86. The van der Waals surface area contributed by atoms with Crippen molar-refractivity contribution in [1.29, 1.82) is 0 Å². The van der Waals surface area contributed by atoms with Crippen molar-refractivity contribution < 1.29 is 4.79 Å². The molecule has 2 N–H and O–H groups in total. The van der Waals surface area contributed by atoms with Crippen molar-refractivity contribution in [2.45, 2.75) is 26.7 Å². The minimum absolute atomic E-state index is 0.196. The van der Waals surface area contributed by atoms with E-state index >= 15 is 0 Å². The van der Waals surface area contributed by atoms with Crippen molar-refractivity contribution >= 4 is 17.5 Å². The van der Waals surface area contributed by atoms with Crippen molar-refractivity contribution in [3.63, 3.8) is 0 Å². The number of carbonyl (C=O) groups excluding carboxylic acids is 1. The Labute approximate surface area is 88.3 Å². The molecule has 0 bridgehead atoms. The monoisotopic (exact) mass is 212 g/mol. The Morgan fingerprint density at radius 1 is 1.57 bits per heavy atom. The fraction of sp³-hybridized carbons (Fsp3) is 0.400. The summed E-state index contributed by atoms with van der Waals surface area (Å²) in [5.74, 6) is -0.247. The van der Waals surface area contributed by atoms with Crippen LogP contribution in [-0.2, 0) is 0 Å². The van der Waals surface area contributed by atoms with Gasteiger partial charge in [-0.05, 0) is 24.5 Å². The number of carbonyl (C=O) groups is 1. The van der Waals surface area contributed by atoms with Gasteiger partial charge in [-0.1, -0.05) is 25.4 Å². The van der Waals surface area contributed by atoms with E-state index in [9.17, 15) is 4.79 Å². The summed E-state index contributed by atoms with van der Waals surface area (Å²) in [5, 5.41) is 0.196. The first kappa shape index (κ1) is 11.0. The summed E-state index contributed by atoms with van der Waals surface area (Å²) in [5.41, 5.74) is 7.15. The lowest BCUT2D eigenvalue weighted by atomic mass is 10.0. The topological polar surface area (TPSA) is 56.0 Å². The van der Waals surface area contributed by atoms with Crippen LogP contribution in [0.15, 0.2) is 6.07 Å². The second kappa shape index (κ2) is 3.96. The Bertz CT molecular complexity index is 351. The van der Waals surface area contributed by atoms with Crippen LogP contribution in [0, 0.1) is 6.92 Å². The van der Waals surface area contributed by atoms with E-state index in [1.165, 1.54) is 0 Å². The number of hydrogen-bond donors (Lipinski definition) is 1. The molecule has 0 saturated carbocycles. The zero-order chi connectivity index (χ0) is 10.9. The van der Waals surface area contributed by atoms with Gasteiger partial charge in [-0.2, -0.15) is 0 Å². The Morgan fingerprint density at radius 3 is 2.50 bits per heavy atom. The number of rotatable bonds is 2. The molecule has 0 aliphatic heterocycles. The fourth-order valence-electron chi connectivity index (χ4n) is 1.25. The molecule has 1 aromatic rings. The van der Waals surface area contributed by atoms with Crippen LogP contribution < -0.4 is 5.73 Å². The third kappa shape index (κ3) is 2.04. The van der Waals surface area contributed by atoms with Crippen LogP contribution in [0.1, 0.15) is 41.4 Å². The number of amides is 1. The number of aryl methyl sites for hydroxylation is 1. The summed E-state index contributed by atoms with van der Waals surface area (Å²) < 4.78 is 0. The van der Waals surface area contributed by atoms with Gasteiger partial charge >= 0.3 is 0 Å². The fourth-order valence-corrected chi connectivity index (χ4v) is 1.59. The van der Waals surface area contributed by atoms with Crippen molar-refractivity contribution in [2.75, 3.05) is 0 Å². The van der Waals surface area contributed by atoms with Crippen molar-refractivity contribution in [3.8, 4) is 0 Å². The third-order valence-corrected chi connectivity index (χ3v) is 2.30. The maximum absolute atomic E-state index is 11.0. The van der Waals surface area contributed by atoms with Gasteiger partial charge in [-0.25, -0.2) is 4.98 Å². The maximum atomic E-state index is 11.0. The molecule has 0 saturated heterocycles. The van der Waals surface area contributed by atoms with Crippen molar-refractivity contribution in [2.24, 2.45) is 5.73 Å². The van der Waals surface area contributed by atoms with E-state index in [2.05, 4.69) is 4.98 Å². The van der Waals surface area contributed by atoms with E-state index in [1.54, 1.807) is 6.92 Å². The molecule has 3 nitrogen and oxygen atoms in total. The SMILES string of the molecule is Cc1cc(C(C)C)nc(Cl)c1C(N)=O. The van der Waals surface area contributed by atoms with E-state index < -0.39 is 5.91 Å². The molecule has 0 spiro atoms. The second-order valence-electron chi connectivity index (χ2n) is 3.55. The van der Waals surface area contributed by atoms with Crippen LogP contribution in [0.3, 0.4) is 0 Å². The van der Waals surface area contributed by atoms with Crippen LogP contribution in [0.2, 0.25) is 5.15 Å². The van der Waals surface area contributed by atoms with E-state index in [-0.39, 0.29) is 11.1 Å². The molecule has 0 aromatic carbocycles. The summed E-state index contributed by atoms with van der Waals surface area (Å²) in [7, 11) is 0. The molecule has 1 amide bonds. The molecule has 4 heteroatoms. The molecule has 0 fully saturated rings. The number of pyridine rings is 1. The molecular weight excluding hydrogens is 200 g/mol. The van der Waals surface area contributed by atoms with Gasteiger partial charge in [0.1, 0.15) is 5.15 Å². The Hall–Kier alpha value is -1.09. The van der Waals surface area contributed by atoms with E-state index in [0.717, 1.165) is 11.3 Å². The molecule has 0 radical (unpaired) electrons. The standard InChI is InChI=1S/C10H13ClN2O/c1-5(2)7-4-6(3)8(10(12)14)9(11)13-7/h4-5H,1-3H3,(H2,12,14). The van der Waals surface area contributed by atoms with Gasteiger partial charge in [-0.15, -0.1) is 0 Å². The van der Waals surface area contributed by atoms with Crippen molar-refractivity contribution in [3.05, 3.63) is 28.0 Å². The number of primary amides is 1. The zero-order valence-electron chi connectivity index (χ0n) is 8.47. The molecule has 1 rings (SSSR count). The lowest BCUT2D eigenvalue weighted by Crippen LogP contribution is -2.15. The van der Waals surface area contributed by atoms with Crippen molar-refractivity contribution in [1.82, 2.24) is 4.98 Å². The van der Waals surface area contributed by atoms with Gasteiger partial charge in [0.25, 0.3) is 5.91 Å². The third-order valence-electron chi connectivity index (χ3n) is 2.03. The lowest BCUT2D eigenvalue weighted by molar-refractivity contribution is 0.0999. The summed E-state index contributed by atoms with van der Waals surface area (Å²) in [4.78, 5) is 15.1. The lowest BCUT2D eigenvalue weighted by Gasteiger charge is -2.09. The molecular formula is C10H13ClN2O. The Balaban J connectivity index is 3.32. The highest BCUT2D eigenvalue weighted by Crippen LogP contribution is 2.22. The summed E-state index contributed by atoms with van der Waals surface area (Å²) in [6.07, 6.45) is 0. The van der Waals surface area contributed by atoms with E-state index in [0.29, 0.717) is 5.56 Å². The molecule has 0 atom stereocenters. The van der Waals surface area contributed by atoms with Gasteiger partial charge < -0.3 is 5.73 Å². The Morgan fingerprint density at radius 2 is 2.14 bits per heavy atom. The zero-order valence-corrected chi connectivity index (χ0v) is 9.22. The number of nitrogens with zero attached hydrogens (tertiary/aromatic N) is 1. The molecule has 0 unspecified atom stereocenters. The highest BCUT2D eigenvalue weighted by Gasteiger charge is 2.14. The van der Waals surface area contributed by atoms with E-state index in [1.807, 2.05) is 19.9 Å². The maximum Gasteiger partial charge on any atom is 0.252 e. The predicted octanol–water partition coefficient (Wildman–Crippen LogP) is 2.27. The first-order chi connectivity index (χ1) is 6.43. The van der Waals surface area contributed by atoms with Gasteiger partial charge in [-0.3, -0.25) is 4.79 Å². The molecule has 1 aromatic heterocycles. The average molecular weight is 213 g/mol. The second-order valence-corrected chi connectivity index (χ2v) is 3.91. The van der Waals surface area contributed by atoms with Crippen LogP contribution in [0.25, 0.3) is 0 Å². The molecule has 76 valence electrons. The molecule has 0 aliphatic rings. The molecule has 0 aliphatic carbocycles. The van der Waals surface area contributed by atoms with Gasteiger partial charge in [0, 0.05) is 5.69 Å². The quantitative estimate of drug-likeness (QED) is 0.765. The Kier molecular flexibility index (Phi) is 3.11. The summed E-state index contributed by atoms with van der Waals surface area (Å²) in [6.45, 7) is 5.84. The van der Waals surface area contributed by atoms with Crippen LogP contribution >= 0.6 is 11.6 Å². The van der Waals surface area contributed by atoms with E-state index in [4.69, 9.17) is 17.3 Å². The normalized spacial score (nSPS) is 10.6. The molecule has 14 heavy (non-hydrogen) atoms. The summed E-state index contributed by atoms with van der Waals surface area (Å²) in [6, 6.07) is 1.84. The van der Waals surface area contributed by atoms with Gasteiger partial charge in [0.15, 0.2) is 0 Å². The minimum atomic E-state index is -0.532. The number of aromatic nitrogens is 1. The highest BCUT2D eigenvalue weighted by atomic mass is 35.5. The average Bonchev–Trinajstić information content (AvgIpc) is 2.01. The largest absolute Gasteiger partial charge is 0.365 e. The minimum Gasteiger partial charge on any atom is -0.365 e. The smallest absolute Gasteiger partial charge is 0.252 e. The number of halogens is 1. The van der Waals surface area contributed by atoms with Crippen LogP contribution in [0.5, 0.6) is 0 Å². The highest BCUT2D eigenvalue weighted by molar-refractivity contribution is 6.32. The van der Waals surface area contributed by atoms with Gasteiger partial charge in [0.05, 0.1) is 5.56 Å². The number of nitrogens with two attached hydrogens (primary N) is 1. The molecule has 1 heterocycles. The predicted molar refractivity (Wildman–Crippen MR) is 56.6 cm³/mol. The van der Waals surface area contributed by atoms with Crippen LogP contribution in [0.4, 0.5) is 0 Å². The first-order valence-corrected chi connectivity index (χ1v) is 4.78.